The Balaban J connectivity index is 2.57. The van der Waals surface area contributed by atoms with Crippen molar-refractivity contribution < 1.29 is 30.7 Å². The van der Waals surface area contributed by atoms with Crippen LogP contribution < -0.4 is 4.74 Å². The van der Waals surface area contributed by atoms with Crippen LogP contribution in [-0.2, 0) is 9.84 Å². The molecule has 0 unspecified atom stereocenters. The number of aromatic nitrogens is 1. The van der Waals surface area contributed by atoms with Crippen LogP contribution in [0.3, 0.4) is 0 Å². The number of hydrogen-bond acceptors (Lipinski definition) is 4. The zero-order valence-electron chi connectivity index (χ0n) is 10.4. The summed E-state index contributed by atoms with van der Waals surface area (Å²) in [5, 5.41) is 0. The van der Waals surface area contributed by atoms with Crippen LogP contribution in [0.1, 0.15) is 0 Å². The summed E-state index contributed by atoms with van der Waals surface area (Å²) < 4.78 is 79.4. The van der Waals surface area contributed by atoms with Gasteiger partial charge in [-0.3, -0.25) is 0 Å². The number of nitrogens with zero attached hydrogens (tertiary/aromatic N) is 1. The summed E-state index contributed by atoms with van der Waals surface area (Å²) in [6.45, 7) is 0. The number of halogens is 5. The zero-order chi connectivity index (χ0) is 16.5. The molecule has 0 fully saturated rings. The topological polar surface area (TPSA) is 56.3 Å². The smallest absolute Gasteiger partial charge is 0.453 e. The molecule has 118 valence electrons. The monoisotopic (exact) mass is 399 g/mol. The molecule has 0 saturated carbocycles. The fraction of sp³-hybridized carbons (Fsp3) is 0.0833. The molecule has 0 amide bonds. The molecule has 0 aliphatic carbocycles. The molecule has 2 aromatic rings. The molecule has 0 radical (unpaired) electrons. The van der Waals surface area contributed by atoms with Crippen molar-refractivity contribution in [3.63, 3.8) is 0 Å². The molecule has 1 aromatic heterocycles. The second kappa shape index (κ2) is 5.84. The molecule has 2 rings (SSSR count). The average molecular weight is 400 g/mol. The van der Waals surface area contributed by atoms with Crippen LogP contribution in [0.5, 0.6) is 11.5 Å². The molecule has 0 saturated heterocycles. The molecular weight excluding hydrogens is 394 g/mol. The summed E-state index contributed by atoms with van der Waals surface area (Å²) in [5.41, 5.74) is -5.58. The minimum atomic E-state index is -5.76. The second-order valence-corrected chi connectivity index (χ2v) is 6.60. The van der Waals surface area contributed by atoms with Crippen LogP contribution in [0.4, 0.5) is 17.6 Å². The van der Waals surface area contributed by atoms with E-state index in [1.165, 1.54) is 18.3 Å². The first-order chi connectivity index (χ1) is 10.1. The summed E-state index contributed by atoms with van der Waals surface area (Å²) in [6.07, 6.45) is 1.38. The van der Waals surface area contributed by atoms with Crippen molar-refractivity contribution in [1.82, 2.24) is 4.98 Å². The number of ether oxygens (including phenoxy) is 1. The van der Waals surface area contributed by atoms with Gasteiger partial charge in [-0.15, -0.1) is 0 Å². The number of benzene rings is 1. The van der Waals surface area contributed by atoms with Gasteiger partial charge in [-0.05, 0) is 46.3 Å². The van der Waals surface area contributed by atoms with Crippen molar-refractivity contribution in [2.75, 3.05) is 0 Å². The Morgan fingerprint density at radius 1 is 1.14 bits per heavy atom. The molecule has 1 aromatic carbocycles. The van der Waals surface area contributed by atoms with Gasteiger partial charge in [0, 0.05) is 6.20 Å². The lowest BCUT2D eigenvalue weighted by Crippen LogP contribution is -2.23. The highest BCUT2D eigenvalue weighted by Gasteiger charge is 2.48. The van der Waals surface area contributed by atoms with Crippen molar-refractivity contribution in [2.45, 2.75) is 10.4 Å². The lowest BCUT2D eigenvalue weighted by atomic mass is 10.3. The van der Waals surface area contributed by atoms with E-state index in [-0.39, 0.29) is 16.4 Å². The highest BCUT2D eigenvalue weighted by Crippen LogP contribution is 2.38. The quantitative estimate of drug-likeness (QED) is 0.576. The van der Waals surface area contributed by atoms with E-state index in [1.807, 2.05) is 0 Å². The molecule has 22 heavy (non-hydrogen) atoms. The van der Waals surface area contributed by atoms with E-state index in [9.17, 15) is 26.0 Å². The molecule has 0 aliphatic rings. The van der Waals surface area contributed by atoms with Crippen LogP contribution in [0, 0.1) is 5.82 Å². The lowest BCUT2D eigenvalue weighted by molar-refractivity contribution is -0.0437. The van der Waals surface area contributed by atoms with Crippen LogP contribution in [0.2, 0.25) is 0 Å². The molecule has 0 aliphatic heterocycles. The van der Waals surface area contributed by atoms with Gasteiger partial charge in [0.05, 0.1) is 0 Å². The van der Waals surface area contributed by atoms with E-state index in [0.717, 1.165) is 12.1 Å². The first-order valence-corrected chi connectivity index (χ1v) is 7.80. The van der Waals surface area contributed by atoms with Crippen molar-refractivity contribution in [3.05, 3.63) is 46.9 Å². The van der Waals surface area contributed by atoms with Crippen molar-refractivity contribution in [3.8, 4) is 11.5 Å². The number of rotatable bonds is 3. The Kier molecular flexibility index (Phi) is 4.43. The molecular formula is C12H6BrF4NO3S. The molecule has 0 N–H and O–H groups in total. The average Bonchev–Trinajstić information content (AvgIpc) is 2.42. The van der Waals surface area contributed by atoms with Crippen molar-refractivity contribution in [1.29, 1.82) is 0 Å². The Bertz CT molecular complexity index is 808. The first kappa shape index (κ1) is 16.7. The minimum absolute atomic E-state index is 0.0206. The van der Waals surface area contributed by atoms with E-state index in [2.05, 4.69) is 20.9 Å². The standard InChI is InChI=1S/C12H6BrF4NO3S/c13-11-9(2-1-5-18-11)21-8-4-3-7(14)6-10(8)22(19,20)12(15,16)17/h1-6H. The summed E-state index contributed by atoms with van der Waals surface area (Å²) in [5.74, 6) is -1.82. The number of alkyl halides is 3. The third-order valence-electron chi connectivity index (χ3n) is 2.44. The van der Waals surface area contributed by atoms with E-state index >= 15 is 0 Å². The predicted octanol–water partition coefficient (Wildman–Crippen LogP) is 4.07. The Hall–Kier alpha value is -1.68. The molecule has 4 nitrogen and oxygen atoms in total. The number of hydrogen-bond donors (Lipinski definition) is 0. The van der Waals surface area contributed by atoms with E-state index in [1.54, 1.807) is 0 Å². The Morgan fingerprint density at radius 3 is 2.41 bits per heavy atom. The molecule has 0 bridgehead atoms. The largest absolute Gasteiger partial charge is 0.502 e. The zero-order valence-corrected chi connectivity index (χ0v) is 12.8. The normalized spacial score (nSPS) is 12.2. The molecule has 1 heterocycles. The summed E-state index contributed by atoms with van der Waals surface area (Å²) in [7, 11) is -5.76. The number of pyridine rings is 1. The van der Waals surface area contributed by atoms with Crippen molar-refractivity contribution >= 4 is 25.8 Å². The third-order valence-corrected chi connectivity index (χ3v) is 4.55. The van der Waals surface area contributed by atoms with E-state index in [0.29, 0.717) is 0 Å². The Labute approximate surface area is 130 Å². The molecule has 10 heteroatoms. The van der Waals surface area contributed by atoms with Crippen LogP contribution in [0.15, 0.2) is 46.0 Å². The van der Waals surface area contributed by atoms with Gasteiger partial charge in [0.25, 0.3) is 9.84 Å². The van der Waals surface area contributed by atoms with Gasteiger partial charge in [-0.25, -0.2) is 17.8 Å². The maximum absolute atomic E-state index is 13.2. The number of sulfone groups is 1. The molecule has 0 atom stereocenters. The van der Waals surface area contributed by atoms with Gasteiger partial charge in [-0.1, -0.05) is 0 Å². The maximum Gasteiger partial charge on any atom is 0.502 e. The van der Waals surface area contributed by atoms with E-state index in [4.69, 9.17) is 4.74 Å². The highest BCUT2D eigenvalue weighted by molar-refractivity contribution is 9.10. The highest BCUT2D eigenvalue weighted by atomic mass is 79.9. The second-order valence-electron chi connectivity index (χ2n) is 3.93. The van der Waals surface area contributed by atoms with Gasteiger partial charge >= 0.3 is 5.51 Å². The van der Waals surface area contributed by atoms with Crippen LogP contribution in [-0.4, -0.2) is 18.9 Å². The first-order valence-electron chi connectivity index (χ1n) is 5.52. The van der Waals surface area contributed by atoms with Crippen LogP contribution in [0.25, 0.3) is 0 Å². The van der Waals surface area contributed by atoms with E-state index < -0.39 is 31.8 Å². The van der Waals surface area contributed by atoms with Crippen LogP contribution >= 0.6 is 15.9 Å². The van der Waals surface area contributed by atoms with Gasteiger partial charge < -0.3 is 4.74 Å². The van der Waals surface area contributed by atoms with Gasteiger partial charge in [0.1, 0.15) is 21.1 Å². The molecule has 0 spiro atoms. The fourth-order valence-electron chi connectivity index (χ4n) is 1.47. The Morgan fingerprint density at radius 2 is 1.82 bits per heavy atom. The van der Waals surface area contributed by atoms with Gasteiger partial charge in [0.15, 0.2) is 5.75 Å². The fourth-order valence-corrected chi connectivity index (χ4v) is 2.69. The minimum Gasteiger partial charge on any atom is -0.453 e. The lowest BCUT2D eigenvalue weighted by Gasteiger charge is -2.14. The SMILES string of the molecule is O=S(=O)(c1cc(F)ccc1Oc1cccnc1Br)C(F)(F)F. The van der Waals surface area contributed by atoms with Gasteiger partial charge in [0.2, 0.25) is 0 Å². The maximum atomic E-state index is 13.2. The summed E-state index contributed by atoms with van der Waals surface area (Å²) in [4.78, 5) is 2.47. The van der Waals surface area contributed by atoms with Gasteiger partial charge in [-0.2, -0.15) is 13.2 Å². The predicted molar refractivity (Wildman–Crippen MR) is 71.7 cm³/mol. The third kappa shape index (κ3) is 3.22. The van der Waals surface area contributed by atoms with Crippen molar-refractivity contribution in [2.24, 2.45) is 0 Å². The summed E-state index contributed by atoms with van der Waals surface area (Å²) in [6, 6.07) is 4.62. The summed E-state index contributed by atoms with van der Waals surface area (Å²) >= 11 is 3.00.